The highest BCUT2D eigenvalue weighted by molar-refractivity contribution is 6.04. The fourth-order valence-corrected chi connectivity index (χ4v) is 1.61. The third-order valence-corrected chi connectivity index (χ3v) is 2.54. The van der Waals surface area contributed by atoms with Gasteiger partial charge in [0.15, 0.2) is 0 Å². The van der Waals surface area contributed by atoms with E-state index in [0.29, 0.717) is 25.8 Å². The van der Waals surface area contributed by atoms with Crippen LogP contribution >= 0.6 is 0 Å². The maximum atomic E-state index is 11.6. The molecule has 1 atom stereocenters. The van der Waals surface area contributed by atoms with Crippen LogP contribution in [0.25, 0.3) is 0 Å². The van der Waals surface area contributed by atoms with Crippen molar-refractivity contribution in [3.8, 4) is 0 Å². The van der Waals surface area contributed by atoms with Crippen LogP contribution in [-0.4, -0.2) is 40.5 Å². The molecule has 1 saturated heterocycles. The predicted molar refractivity (Wildman–Crippen MR) is 55.8 cm³/mol. The number of aliphatic carboxylic acids is 1. The normalized spacial score (nSPS) is 20.1. The number of carboxylic acids is 1. The van der Waals surface area contributed by atoms with E-state index >= 15 is 0 Å². The maximum Gasteiger partial charge on any atom is 0.324 e. The van der Waals surface area contributed by atoms with Crippen LogP contribution < -0.4 is 5.32 Å². The number of nitrogens with zero attached hydrogens (tertiary/aromatic N) is 1. The molecule has 1 aliphatic heterocycles. The number of unbranched alkanes of at least 4 members (excludes halogenated alkanes) is 1. The van der Waals surface area contributed by atoms with Crippen molar-refractivity contribution in [2.24, 2.45) is 0 Å². The highest BCUT2D eigenvalue weighted by atomic mass is 16.4. The first-order chi connectivity index (χ1) is 7.56. The molecule has 0 aromatic rings. The molecule has 1 unspecified atom stereocenters. The van der Waals surface area contributed by atoms with Crippen LogP contribution in [-0.2, 0) is 9.59 Å². The third-order valence-electron chi connectivity index (χ3n) is 2.54. The Balaban J connectivity index is 2.34. The minimum Gasteiger partial charge on any atom is -0.481 e. The summed E-state index contributed by atoms with van der Waals surface area (Å²) >= 11 is 0. The topological polar surface area (TPSA) is 86.7 Å². The molecular weight excluding hydrogens is 212 g/mol. The van der Waals surface area contributed by atoms with E-state index in [1.54, 1.807) is 0 Å². The van der Waals surface area contributed by atoms with Gasteiger partial charge in [-0.2, -0.15) is 0 Å². The Bertz CT molecular complexity index is 303. The molecule has 90 valence electrons. The van der Waals surface area contributed by atoms with Crippen molar-refractivity contribution < 1.29 is 19.5 Å². The first-order valence-corrected chi connectivity index (χ1v) is 5.40. The molecule has 1 rings (SSSR count). The number of amides is 3. The molecule has 0 spiro atoms. The van der Waals surface area contributed by atoms with Gasteiger partial charge in [0, 0.05) is 13.0 Å². The summed E-state index contributed by atoms with van der Waals surface area (Å²) < 4.78 is 0. The van der Waals surface area contributed by atoms with Gasteiger partial charge in [0.05, 0.1) is 0 Å². The number of hydrogen-bond acceptors (Lipinski definition) is 3. The van der Waals surface area contributed by atoms with Gasteiger partial charge in [-0.3, -0.25) is 14.5 Å². The monoisotopic (exact) mass is 228 g/mol. The van der Waals surface area contributed by atoms with Crippen LogP contribution in [0.15, 0.2) is 0 Å². The highest BCUT2D eigenvalue weighted by Gasteiger charge is 2.35. The van der Waals surface area contributed by atoms with Gasteiger partial charge in [-0.15, -0.1) is 0 Å². The molecule has 0 aromatic carbocycles. The lowest BCUT2D eigenvalue weighted by molar-refractivity contribution is -0.137. The van der Waals surface area contributed by atoms with Crippen molar-refractivity contribution >= 4 is 17.9 Å². The van der Waals surface area contributed by atoms with Gasteiger partial charge < -0.3 is 10.4 Å². The van der Waals surface area contributed by atoms with Crippen LogP contribution in [0.3, 0.4) is 0 Å². The Hall–Kier alpha value is -1.59. The molecule has 0 radical (unpaired) electrons. The molecule has 2 N–H and O–H groups in total. The number of imide groups is 1. The second-order valence-corrected chi connectivity index (χ2v) is 3.75. The first kappa shape index (κ1) is 12.5. The Morgan fingerprint density at radius 3 is 2.62 bits per heavy atom. The van der Waals surface area contributed by atoms with E-state index in [0.717, 1.165) is 4.90 Å². The van der Waals surface area contributed by atoms with Crippen LogP contribution in [0, 0.1) is 0 Å². The number of carbonyl (C=O) groups excluding carboxylic acids is 2. The lowest BCUT2D eigenvalue weighted by atomic mass is 10.2. The first-order valence-electron chi connectivity index (χ1n) is 5.40. The van der Waals surface area contributed by atoms with Crippen molar-refractivity contribution in [2.45, 2.75) is 38.6 Å². The van der Waals surface area contributed by atoms with Crippen molar-refractivity contribution in [1.82, 2.24) is 10.2 Å². The van der Waals surface area contributed by atoms with Crippen molar-refractivity contribution in [3.05, 3.63) is 0 Å². The van der Waals surface area contributed by atoms with Crippen LogP contribution in [0.5, 0.6) is 0 Å². The molecule has 6 nitrogen and oxygen atoms in total. The van der Waals surface area contributed by atoms with Crippen LogP contribution in [0.4, 0.5) is 4.79 Å². The van der Waals surface area contributed by atoms with Crippen molar-refractivity contribution in [2.75, 3.05) is 6.54 Å². The highest BCUT2D eigenvalue weighted by Crippen LogP contribution is 2.10. The number of rotatable bonds is 6. The Morgan fingerprint density at radius 2 is 2.12 bits per heavy atom. The van der Waals surface area contributed by atoms with Crippen molar-refractivity contribution in [3.63, 3.8) is 0 Å². The van der Waals surface area contributed by atoms with Gasteiger partial charge in [0.2, 0.25) is 0 Å². The lowest BCUT2D eigenvalue weighted by Gasteiger charge is -2.11. The van der Waals surface area contributed by atoms with Gasteiger partial charge in [-0.05, 0) is 19.3 Å². The minimum atomic E-state index is -0.858. The summed E-state index contributed by atoms with van der Waals surface area (Å²) in [5.74, 6) is -1.06. The van der Waals surface area contributed by atoms with Gasteiger partial charge >= 0.3 is 12.0 Å². The summed E-state index contributed by atoms with van der Waals surface area (Å²) in [6.07, 6.45) is 1.65. The molecule has 1 fully saturated rings. The summed E-state index contributed by atoms with van der Waals surface area (Å²) in [4.78, 5) is 34.4. The zero-order valence-corrected chi connectivity index (χ0v) is 9.23. The number of carbonyl (C=O) groups is 3. The fraction of sp³-hybridized carbons (Fsp3) is 0.700. The maximum absolute atomic E-state index is 11.6. The average Bonchev–Trinajstić information content (AvgIpc) is 2.50. The van der Waals surface area contributed by atoms with Crippen LogP contribution in [0.1, 0.15) is 32.6 Å². The molecule has 0 saturated carbocycles. The molecule has 6 heteroatoms. The van der Waals surface area contributed by atoms with E-state index in [1.165, 1.54) is 0 Å². The molecular formula is C10H16N2O4. The smallest absolute Gasteiger partial charge is 0.324 e. The molecule has 1 heterocycles. The molecule has 0 bridgehead atoms. The molecule has 0 aliphatic carbocycles. The predicted octanol–water partition coefficient (Wildman–Crippen LogP) is 0.572. The third kappa shape index (κ3) is 2.95. The van der Waals surface area contributed by atoms with Gasteiger partial charge in [-0.25, -0.2) is 4.79 Å². The number of urea groups is 1. The van der Waals surface area contributed by atoms with E-state index in [2.05, 4.69) is 5.32 Å². The Labute approximate surface area is 93.6 Å². The van der Waals surface area contributed by atoms with Crippen molar-refractivity contribution in [1.29, 1.82) is 0 Å². The molecule has 16 heavy (non-hydrogen) atoms. The summed E-state index contributed by atoms with van der Waals surface area (Å²) in [7, 11) is 0. The average molecular weight is 228 g/mol. The van der Waals surface area contributed by atoms with E-state index in [-0.39, 0.29) is 18.4 Å². The van der Waals surface area contributed by atoms with E-state index in [9.17, 15) is 14.4 Å². The lowest BCUT2D eigenvalue weighted by Crippen LogP contribution is -2.32. The zero-order chi connectivity index (χ0) is 12.1. The summed E-state index contributed by atoms with van der Waals surface area (Å²) in [6.45, 7) is 2.13. The molecule has 3 amide bonds. The Morgan fingerprint density at radius 1 is 1.44 bits per heavy atom. The van der Waals surface area contributed by atoms with E-state index < -0.39 is 12.0 Å². The standard InChI is InChI=1S/C10H16N2O4/c1-2-7-9(15)12(10(16)11-7)6-4-3-5-8(13)14/h7H,2-6H2,1H3,(H,11,16)(H,13,14). The van der Waals surface area contributed by atoms with Gasteiger partial charge in [0.25, 0.3) is 5.91 Å². The zero-order valence-electron chi connectivity index (χ0n) is 9.23. The number of hydrogen-bond donors (Lipinski definition) is 2. The summed E-state index contributed by atoms with van der Waals surface area (Å²) in [5, 5.41) is 11.0. The quantitative estimate of drug-likeness (QED) is 0.514. The minimum absolute atomic E-state index is 0.0703. The van der Waals surface area contributed by atoms with Gasteiger partial charge in [0.1, 0.15) is 6.04 Å². The number of carboxylic acid groups (broad SMARTS) is 1. The second kappa shape index (κ2) is 5.48. The summed E-state index contributed by atoms with van der Waals surface area (Å²) in [5.41, 5.74) is 0. The number of nitrogens with one attached hydrogen (secondary N) is 1. The van der Waals surface area contributed by atoms with Gasteiger partial charge in [-0.1, -0.05) is 6.92 Å². The largest absolute Gasteiger partial charge is 0.481 e. The van der Waals surface area contributed by atoms with E-state index in [4.69, 9.17) is 5.11 Å². The fourth-order valence-electron chi connectivity index (χ4n) is 1.61. The molecule has 1 aliphatic rings. The summed E-state index contributed by atoms with van der Waals surface area (Å²) in [6, 6.07) is -0.779. The van der Waals surface area contributed by atoms with E-state index in [1.807, 2.05) is 6.92 Å². The second-order valence-electron chi connectivity index (χ2n) is 3.75. The Kier molecular flexibility index (Phi) is 4.28. The van der Waals surface area contributed by atoms with Crippen LogP contribution in [0.2, 0.25) is 0 Å². The molecule has 0 aromatic heterocycles. The SMILES string of the molecule is CCC1NC(=O)N(CCCCC(=O)O)C1=O.